The number of aryl methyl sites for hydroxylation is 1. The number of halogens is 1. The average Bonchev–Trinajstić information content (AvgIpc) is 3.04. The van der Waals surface area contributed by atoms with Gasteiger partial charge in [0, 0.05) is 31.5 Å². The van der Waals surface area contributed by atoms with Crippen LogP contribution in [0.15, 0.2) is 24.5 Å². The predicted molar refractivity (Wildman–Crippen MR) is 84.1 cm³/mol. The molecule has 122 valence electrons. The van der Waals surface area contributed by atoms with E-state index in [0.717, 1.165) is 5.56 Å². The fourth-order valence-electron chi connectivity index (χ4n) is 2.69. The van der Waals surface area contributed by atoms with Gasteiger partial charge in [-0.2, -0.15) is 0 Å². The number of fused-ring (bicyclic) bond motifs is 1. The van der Waals surface area contributed by atoms with Crippen molar-refractivity contribution in [1.29, 1.82) is 0 Å². The molecule has 1 aliphatic heterocycles. The van der Waals surface area contributed by atoms with Crippen molar-refractivity contribution >= 4 is 6.09 Å². The summed E-state index contributed by atoms with van der Waals surface area (Å²) >= 11 is 0. The first-order valence-corrected chi connectivity index (χ1v) is 7.52. The molecule has 0 fully saturated rings. The molecule has 0 saturated heterocycles. The van der Waals surface area contributed by atoms with Gasteiger partial charge >= 0.3 is 6.09 Å². The predicted octanol–water partition coefficient (Wildman–Crippen LogP) is 3.48. The lowest BCUT2D eigenvalue weighted by Gasteiger charge is -2.24. The molecule has 1 aliphatic rings. The lowest BCUT2D eigenvalue weighted by Crippen LogP contribution is -2.33. The van der Waals surface area contributed by atoms with Gasteiger partial charge in [0.05, 0.1) is 12.1 Å². The van der Waals surface area contributed by atoms with Crippen LogP contribution >= 0.6 is 0 Å². The number of amides is 1. The van der Waals surface area contributed by atoms with Crippen LogP contribution in [0.5, 0.6) is 0 Å². The van der Waals surface area contributed by atoms with Crippen LogP contribution in [0, 0.1) is 5.82 Å². The van der Waals surface area contributed by atoms with E-state index in [2.05, 4.69) is 4.98 Å². The zero-order chi connectivity index (χ0) is 16.8. The van der Waals surface area contributed by atoms with Crippen LogP contribution in [0.2, 0.25) is 0 Å². The molecule has 0 aliphatic carbocycles. The topological polar surface area (TPSA) is 47.4 Å². The molecule has 0 spiro atoms. The first kappa shape index (κ1) is 15.5. The molecule has 0 saturated carbocycles. The Morgan fingerprint density at radius 2 is 2.04 bits per heavy atom. The Morgan fingerprint density at radius 1 is 1.30 bits per heavy atom. The summed E-state index contributed by atoms with van der Waals surface area (Å²) in [7, 11) is 1.82. The van der Waals surface area contributed by atoms with E-state index in [1.807, 2.05) is 33.9 Å². The van der Waals surface area contributed by atoms with Gasteiger partial charge in [-0.1, -0.05) is 6.07 Å². The highest BCUT2D eigenvalue weighted by Gasteiger charge is 2.30. The van der Waals surface area contributed by atoms with Gasteiger partial charge in [0.2, 0.25) is 0 Å². The summed E-state index contributed by atoms with van der Waals surface area (Å²) in [5.41, 5.74) is 1.23. The van der Waals surface area contributed by atoms with Crippen LogP contribution in [-0.4, -0.2) is 26.1 Å². The molecule has 5 nitrogen and oxygen atoms in total. The Morgan fingerprint density at radius 3 is 2.65 bits per heavy atom. The fourth-order valence-corrected chi connectivity index (χ4v) is 2.69. The summed E-state index contributed by atoms with van der Waals surface area (Å²) in [4.78, 5) is 17.9. The number of benzene rings is 1. The van der Waals surface area contributed by atoms with Gasteiger partial charge in [-0.3, -0.25) is 4.90 Å². The number of imidazole rings is 1. The molecule has 0 N–H and O–H groups in total. The number of aromatic nitrogens is 2. The molecule has 0 atom stereocenters. The van der Waals surface area contributed by atoms with Gasteiger partial charge in [-0.25, -0.2) is 14.2 Å². The fraction of sp³-hybridized carbons (Fsp3) is 0.412. The van der Waals surface area contributed by atoms with Crippen molar-refractivity contribution in [3.8, 4) is 11.4 Å². The number of carbonyl (C=O) groups excluding carboxylic acids is 1. The van der Waals surface area contributed by atoms with Crippen LogP contribution in [0.4, 0.5) is 9.18 Å². The van der Waals surface area contributed by atoms with Gasteiger partial charge in [0.25, 0.3) is 0 Å². The van der Waals surface area contributed by atoms with Crippen molar-refractivity contribution < 1.29 is 13.9 Å². The number of rotatable bonds is 1. The Balaban J connectivity index is 1.88. The van der Waals surface area contributed by atoms with Crippen molar-refractivity contribution in [3.63, 3.8) is 0 Å². The normalized spacial score (nSPS) is 14.0. The number of hydrogen-bond acceptors (Lipinski definition) is 3. The van der Waals surface area contributed by atoms with Crippen LogP contribution < -0.4 is 0 Å². The summed E-state index contributed by atoms with van der Waals surface area (Å²) in [6, 6.07) is 3.57. The van der Waals surface area contributed by atoms with Crippen molar-refractivity contribution in [2.75, 3.05) is 0 Å². The van der Waals surface area contributed by atoms with Gasteiger partial charge < -0.3 is 9.30 Å². The summed E-state index contributed by atoms with van der Waals surface area (Å²) < 4.78 is 22.0. The first-order valence-electron chi connectivity index (χ1n) is 7.52. The Bertz CT molecular complexity index is 762. The summed E-state index contributed by atoms with van der Waals surface area (Å²) in [6.45, 7) is 6.02. The summed E-state index contributed by atoms with van der Waals surface area (Å²) in [5.74, 6) is 0.254. The minimum Gasteiger partial charge on any atom is -0.444 e. The van der Waals surface area contributed by atoms with Crippen molar-refractivity contribution in [3.05, 3.63) is 41.5 Å². The quantitative estimate of drug-likeness (QED) is 0.809. The highest BCUT2D eigenvalue weighted by molar-refractivity contribution is 5.70. The third-order valence-corrected chi connectivity index (χ3v) is 3.76. The van der Waals surface area contributed by atoms with Gasteiger partial charge in [0.15, 0.2) is 0 Å². The van der Waals surface area contributed by atoms with Crippen LogP contribution in [0.1, 0.15) is 31.9 Å². The molecule has 1 aromatic carbocycles. The van der Waals surface area contributed by atoms with Crippen molar-refractivity contribution in [2.45, 2.75) is 39.5 Å². The van der Waals surface area contributed by atoms with Gasteiger partial charge in [-0.05, 0) is 32.4 Å². The minimum absolute atomic E-state index is 0.217. The molecule has 23 heavy (non-hydrogen) atoms. The maximum absolute atomic E-state index is 14.9. The average molecular weight is 317 g/mol. The SMILES string of the molecule is Cn1ccnc1-c1ccc2c(c1F)CN(C(=O)OC(C)(C)C)C2. The van der Waals surface area contributed by atoms with E-state index < -0.39 is 11.7 Å². The second kappa shape index (κ2) is 5.37. The smallest absolute Gasteiger partial charge is 0.410 e. The van der Waals surface area contributed by atoms with E-state index in [9.17, 15) is 9.18 Å². The molecule has 0 bridgehead atoms. The lowest BCUT2D eigenvalue weighted by molar-refractivity contribution is 0.0241. The summed E-state index contributed by atoms with van der Waals surface area (Å²) in [5, 5.41) is 0. The second-order valence-corrected chi connectivity index (χ2v) is 6.76. The third-order valence-electron chi connectivity index (χ3n) is 3.76. The molecule has 6 heteroatoms. The standard InChI is InChI=1S/C17H20FN3O2/c1-17(2,3)23-16(22)21-9-11-5-6-12(14(18)13(11)10-21)15-19-7-8-20(15)4/h5-8H,9-10H2,1-4H3. The number of ether oxygens (including phenoxy) is 1. The molecule has 1 aromatic heterocycles. The molecule has 0 unspecified atom stereocenters. The molecule has 1 amide bonds. The molecule has 0 radical (unpaired) electrons. The zero-order valence-electron chi connectivity index (χ0n) is 13.8. The Kier molecular flexibility index (Phi) is 3.62. The molecule has 2 heterocycles. The highest BCUT2D eigenvalue weighted by atomic mass is 19.1. The van der Waals surface area contributed by atoms with E-state index in [4.69, 9.17) is 4.74 Å². The van der Waals surface area contributed by atoms with E-state index in [1.165, 1.54) is 4.90 Å². The number of hydrogen-bond donors (Lipinski definition) is 0. The van der Waals surface area contributed by atoms with Crippen LogP contribution in [0.25, 0.3) is 11.4 Å². The third kappa shape index (κ3) is 2.93. The molecule has 2 aromatic rings. The van der Waals surface area contributed by atoms with Crippen molar-refractivity contribution in [2.24, 2.45) is 7.05 Å². The largest absolute Gasteiger partial charge is 0.444 e. The zero-order valence-corrected chi connectivity index (χ0v) is 13.8. The van der Waals surface area contributed by atoms with Gasteiger partial charge in [0.1, 0.15) is 17.2 Å². The van der Waals surface area contributed by atoms with Gasteiger partial charge in [-0.15, -0.1) is 0 Å². The molecular formula is C17H20FN3O2. The highest BCUT2D eigenvalue weighted by Crippen LogP contribution is 2.32. The van der Waals surface area contributed by atoms with E-state index in [1.54, 1.807) is 23.0 Å². The maximum atomic E-state index is 14.9. The molecule has 3 rings (SSSR count). The Labute approximate surface area is 134 Å². The van der Waals surface area contributed by atoms with E-state index in [-0.39, 0.29) is 12.4 Å². The van der Waals surface area contributed by atoms with E-state index in [0.29, 0.717) is 23.5 Å². The lowest BCUT2D eigenvalue weighted by atomic mass is 10.0. The number of nitrogens with zero attached hydrogens (tertiary/aromatic N) is 3. The Hall–Kier alpha value is -2.37. The monoisotopic (exact) mass is 317 g/mol. The maximum Gasteiger partial charge on any atom is 0.410 e. The van der Waals surface area contributed by atoms with E-state index >= 15 is 0 Å². The minimum atomic E-state index is -0.567. The van der Waals surface area contributed by atoms with Crippen molar-refractivity contribution in [1.82, 2.24) is 14.5 Å². The van der Waals surface area contributed by atoms with Crippen LogP contribution in [-0.2, 0) is 24.9 Å². The molecular weight excluding hydrogens is 297 g/mol. The van der Waals surface area contributed by atoms with Crippen LogP contribution in [0.3, 0.4) is 0 Å². The second-order valence-electron chi connectivity index (χ2n) is 6.76. The first-order chi connectivity index (χ1) is 10.8. The number of carbonyl (C=O) groups is 1. The summed E-state index contributed by atoms with van der Waals surface area (Å²) in [6.07, 6.45) is 2.98.